The van der Waals surface area contributed by atoms with Crippen LogP contribution in [-0.4, -0.2) is 31.2 Å². The SMILES string of the molecule is O=C(O)c1ccc2c(c1)NC(=O)C1(CCCC1)CS2(=O)=O. The molecule has 1 amide bonds. The van der Waals surface area contributed by atoms with Gasteiger partial charge in [0.1, 0.15) is 0 Å². The molecule has 1 saturated carbocycles. The van der Waals surface area contributed by atoms with E-state index in [1.165, 1.54) is 18.2 Å². The van der Waals surface area contributed by atoms with E-state index in [9.17, 15) is 18.0 Å². The number of rotatable bonds is 1. The summed E-state index contributed by atoms with van der Waals surface area (Å²) in [6.45, 7) is 0. The van der Waals surface area contributed by atoms with Crippen molar-refractivity contribution >= 4 is 27.4 Å². The zero-order valence-corrected chi connectivity index (χ0v) is 12.1. The van der Waals surface area contributed by atoms with E-state index >= 15 is 0 Å². The van der Waals surface area contributed by atoms with Crippen molar-refractivity contribution < 1.29 is 23.1 Å². The second kappa shape index (κ2) is 4.56. The fourth-order valence-corrected chi connectivity index (χ4v) is 5.24. The molecule has 2 N–H and O–H groups in total. The lowest BCUT2D eigenvalue weighted by molar-refractivity contribution is -0.124. The number of carbonyl (C=O) groups is 2. The smallest absolute Gasteiger partial charge is 0.335 e. The predicted molar refractivity (Wildman–Crippen MR) is 75.0 cm³/mol. The van der Waals surface area contributed by atoms with Crippen LogP contribution in [-0.2, 0) is 14.6 Å². The number of aromatic carboxylic acids is 1. The number of fused-ring (bicyclic) bond motifs is 1. The van der Waals surface area contributed by atoms with Crippen molar-refractivity contribution in [2.45, 2.75) is 30.6 Å². The van der Waals surface area contributed by atoms with Gasteiger partial charge in [0, 0.05) is 0 Å². The van der Waals surface area contributed by atoms with Gasteiger partial charge in [-0.2, -0.15) is 0 Å². The highest BCUT2D eigenvalue weighted by Crippen LogP contribution is 2.44. The molecule has 0 unspecified atom stereocenters. The number of hydrogen-bond donors (Lipinski definition) is 2. The van der Waals surface area contributed by atoms with Gasteiger partial charge in [0.25, 0.3) is 0 Å². The fourth-order valence-electron chi connectivity index (χ4n) is 3.22. The largest absolute Gasteiger partial charge is 0.478 e. The summed E-state index contributed by atoms with van der Waals surface area (Å²) in [7, 11) is -3.62. The number of carboxylic acids is 1. The van der Waals surface area contributed by atoms with Crippen molar-refractivity contribution in [1.29, 1.82) is 0 Å². The van der Waals surface area contributed by atoms with Crippen molar-refractivity contribution in [3.63, 3.8) is 0 Å². The molecule has 1 aliphatic carbocycles. The first-order chi connectivity index (χ1) is 9.84. The van der Waals surface area contributed by atoms with Crippen LogP contribution >= 0.6 is 0 Å². The normalized spacial score (nSPS) is 22.4. The van der Waals surface area contributed by atoms with Crippen LogP contribution in [0.3, 0.4) is 0 Å². The van der Waals surface area contributed by atoms with Crippen LogP contribution < -0.4 is 5.32 Å². The fraction of sp³-hybridized carbons (Fsp3) is 0.429. The van der Waals surface area contributed by atoms with E-state index in [2.05, 4.69) is 5.32 Å². The molecular weight excluding hydrogens is 294 g/mol. The Labute approximate surface area is 122 Å². The maximum atomic E-state index is 12.5. The third-order valence-electron chi connectivity index (χ3n) is 4.32. The summed E-state index contributed by atoms with van der Waals surface area (Å²) in [6, 6.07) is 3.72. The topological polar surface area (TPSA) is 101 Å². The lowest BCUT2D eigenvalue weighted by Gasteiger charge is -2.23. The van der Waals surface area contributed by atoms with Gasteiger partial charge in [0.15, 0.2) is 9.84 Å². The summed E-state index contributed by atoms with van der Waals surface area (Å²) in [5.41, 5.74) is -0.850. The Morgan fingerprint density at radius 2 is 1.90 bits per heavy atom. The van der Waals surface area contributed by atoms with Crippen LogP contribution in [0.25, 0.3) is 0 Å². The molecule has 3 rings (SSSR count). The number of amides is 1. The summed E-state index contributed by atoms with van der Waals surface area (Å²) in [6.07, 6.45) is 2.77. The Balaban J connectivity index is 2.14. The molecular formula is C14H15NO5S. The molecule has 6 nitrogen and oxygen atoms in total. The van der Waals surface area contributed by atoms with Gasteiger partial charge in [0.05, 0.1) is 27.3 Å². The Morgan fingerprint density at radius 1 is 1.24 bits per heavy atom. The molecule has 1 fully saturated rings. The van der Waals surface area contributed by atoms with Crippen LogP contribution in [0.15, 0.2) is 23.1 Å². The Hall–Kier alpha value is -1.89. The molecule has 1 aromatic carbocycles. The molecule has 0 atom stereocenters. The van der Waals surface area contributed by atoms with Gasteiger partial charge in [0.2, 0.25) is 5.91 Å². The van der Waals surface area contributed by atoms with Crippen molar-refractivity contribution in [1.82, 2.24) is 0 Å². The Kier molecular flexibility index (Phi) is 3.05. The lowest BCUT2D eigenvalue weighted by atomic mass is 9.87. The summed E-state index contributed by atoms with van der Waals surface area (Å²) in [4.78, 5) is 23.5. The van der Waals surface area contributed by atoms with Crippen molar-refractivity contribution in [2.75, 3.05) is 11.1 Å². The van der Waals surface area contributed by atoms with Crippen molar-refractivity contribution in [3.05, 3.63) is 23.8 Å². The molecule has 2 aliphatic rings. The van der Waals surface area contributed by atoms with E-state index in [1.807, 2.05) is 0 Å². The van der Waals surface area contributed by atoms with Crippen LogP contribution in [0.2, 0.25) is 0 Å². The van der Waals surface area contributed by atoms with Gasteiger partial charge in [-0.05, 0) is 31.0 Å². The lowest BCUT2D eigenvalue weighted by Crippen LogP contribution is -2.37. The Bertz CT molecular complexity index is 732. The van der Waals surface area contributed by atoms with E-state index in [0.717, 1.165) is 12.8 Å². The molecule has 1 heterocycles. The number of carbonyl (C=O) groups excluding carboxylic acids is 1. The molecule has 0 radical (unpaired) electrons. The van der Waals surface area contributed by atoms with E-state index in [4.69, 9.17) is 5.11 Å². The third kappa shape index (κ3) is 2.21. The van der Waals surface area contributed by atoms with Gasteiger partial charge < -0.3 is 10.4 Å². The number of anilines is 1. The summed E-state index contributed by atoms with van der Waals surface area (Å²) < 4.78 is 25.1. The van der Waals surface area contributed by atoms with E-state index in [1.54, 1.807) is 0 Å². The monoisotopic (exact) mass is 309 g/mol. The first kappa shape index (κ1) is 14.1. The minimum absolute atomic E-state index is 0.00428. The zero-order chi connectivity index (χ0) is 15.3. The maximum Gasteiger partial charge on any atom is 0.335 e. The molecule has 0 bridgehead atoms. The summed E-state index contributed by atoms with van der Waals surface area (Å²) >= 11 is 0. The standard InChI is InChI=1S/C14H15NO5S/c16-12(17)9-3-4-11-10(7-9)15-13(18)14(5-1-2-6-14)8-21(11,19)20/h3-4,7H,1-2,5-6,8H2,(H,15,18)(H,16,17). The first-order valence-electron chi connectivity index (χ1n) is 6.76. The minimum Gasteiger partial charge on any atom is -0.478 e. The predicted octanol–water partition coefficient (Wildman–Crippen LogP) is 1.67. The summed E-state index contributed by atoms with van der Waals surface area (Å²) in [5.74, 6) is -1.68. The Morgan fingerprint density at radius 3 is 2.52 bits per heavy atom. The number of hydrogen-bond acceptors (Lipinski definition) is 4. The van der Waals surface area contributed by atoms with Crippen LogP contribution in [0, 0.1) is 5.41 Å². The second-order valence-electron chi connectivity index (χ2n) is 5.72. The number of nitrogens with one attached hydrogen (secondary N) is 1. The van der Waals surface area contributed by atoms with Gasteiger partial charge in [-0.25, -0.2) is 13.2 Å². The number of benzene rings is 1. The highest BCUT2D eigenvalue weighted by molar-refractivity contribution is 7.91. The van der Waals surface area contributed by atoms with E-state index in [-0.39, 0.29) is 27.8 Å². The zero-order valence-electron chi connectivity index (χ0n) is 11.3. The number of sulfone groups is 1. The highest BCUT2D eigenvalue weighted by Gasteiger charge is 2.47. The quantitative estimate of drug-likeness (QED) is 0.822. The molecule has 0 saturated heterocycles. The molecule has 7 heteroatoms. The second-order valence-corrected chi connectivity index (χ2v) is 7.67. The van der Waals surface area contributed by atoms with Gasteiger partial charge >= 0.3 is 5.97 Å². The molecule has 21 heavy (non-hydrogen) atoms. The highest BCUT2D eigenvalue weighted by atomic mass is 32.2. The summed E-state index contributed by atoms with van der Waals surface area (Å²) in [5, 5.41) is 11.6. The average Bonchev–Trinajstić information content (AvgIpc) is 2.84. The van der Waals surface area contributed by atoms with Gasteiger partial charge in [-0.3, -0.25) is 4.79 Å². The average molecular weight is 309 g/mol. The van der Waals surface area contributed by atoms with E-state index < -0.39 is 21.2 Å². The molecule has 1 aliphatic heterocycles. The maximum absolute atomic E-state index is 12.5. The van der Waals surface area contributed by atoms with Crippen molar-refractivity contribution in [2.24, 2.45) is 5.41 Å². The molecule has 112 valence electrons. The first-order valence-corrected chi connectivity index (χ1v) is 8.41. The molecule has 0 aromatic heterocycles. The van der Waals surface area contributed by atoms with Crippen LogP contribution in [0.5, 0.6) is 0 Å². The molecule has 1 aromatic rings. The van der Waals surface area contributed by atoms with Gasteiger partial charge in [-0.15, -0.1) is 0 Å². The minimum atomic E-state index is -3.62. The van der Waals surface area contributed by atoms with Crippen LogP contribution in [0.4, 0.5) is 5.69 Å². The number of carboxylic acid groups (broad SMARTS) is 1. The van der Waals surface area contributed by atoms with Gasteiger partial charge in [-0.1, -0.05) is 12.8 Å². The van der Waals surface area contributed by atoms with Crippen molar-refractivity contribution in [3.8, 4) is 0 Å². The van der Waals surface area contributed by atoms with Crippen LogP contribution in [0.1, 0.15) is 36.0 Å². The van der Waals surface area contributed by atoms with E-state index in [0.29, 0.717) is 12.8 Å². The third-order valence-corrected chi connectivity index (χ3v) is 6.28. The molecule has 1 spiro atoms.